The number of hydrogen-bond donors (Lipinski definition) is 0. The largest absolute Gasteiger partial charge is 0.265 e. The summed E-state index contributed by atoms with van der Waals surface area (Å²) in [7, 11) is 0. The molecular formula is C20H26N6. The van der Waals surface area contributed by atoms with E-state index in [1.54, 1.807) is 12.4 Å². The van der Waals surface area contributed by atoms with Gasteiger partial charge in [-0.25, -0.2) is 19.6 Å². The molecule has 6 nitrogen and oxygen atoms in total. The van der Waals surface area contributed by atoms with Crippen LogP contribution in [0.2, 0.25) is 0 Å². The van der Waals surface area contributed by atoms with E-state index in [2.05, 4.69) is 35.7 Å². The zero-order valence-electron chi connectivity index (χ0n) is 16.0. The Morgan fingerprint density at radius 1 is 1.12 bits per heavy atom. The topological polar surface area (TPSA) is 69.4 Å². The van der Waals surface area contributed by atoms with Gasteiger partial charge in [0, 0.05) is 31.6 Å². The first-order valence-electron chi connectivity index (χ1n) is 9.22. The Balaban J connectivity index is 1.99. The van der Waals surface area contributed by atoms with Crippen LogP contribution in [0.4, 0.5) is 0 Å². The van der Waals surface area contributed by atoms with Crippen molar-refractivity contribution in [3.63, 3.8) is 0 Å². The fourth-order valence-corrected chi connectivity index (χ4v) is 2.86. The average Bonchev–Trinajstić information content (AvgIpc) is 3.03. The lowest BCUT2D eigenvalue weighted by molar-refractivity contribution is 0.487. The molecule has 0 fully saturated rings. The lowest BCUT2D eigenvalue weighted by Gasteiger charge is -2.10. The van der Waals surface area contributed by atoms with Crippen LogP contribution in [0.15, 0.2) is 30.7 Å². The number of aryl methyl sites for hydroxylation is 3. The maximum atomic E-state index is 4.84. The second-order valence-electron chi connectivity index (χ2n) is 6.92. The minimum atomic E-state index is 0.607. The Morgan fingerprint density at radius 2 is 1.88 bits per heavy atom. The van der Waals surface area contributed by atoms with Gasteiger partial charge in [0.05, 0.1) is 11.3 Å². The van der Waals surface area contributed by atoms with Gasteiger partial charge in [-0.1, -0.05) is 20.8 Å². The third-order valence-corrected chi connectivity index (χ3v) is 4.31. The van der Waals surface area contributed by atoms with E-state index in [0.717, 1.165) is 53.7 Å². The summed E-state index contributed by atoms with van der Waals surface area (Å²) in [5, 5.41) is 4.78. The van der Waals surface area contributed by atoms with Crippen molar-refractivity contribution in [1.82, 2.24) is 29.7 Å². The van der Waals surface area contributed by atoms with E-state index < -0.39 is 0 Å². The molecule has 0 aliphatic carbocycles. The zero-order chi connectivity index (χ0) is 18.5. The molecule has 136 valence electrons. The van der Waals surface area contributed by atoms with Crippen molar-refractivity contribution in [3.8, 4) is 11.4 Å². The van der Waals surface area contributed by atoms with E-state index in [9.17, 15) is 0 Å². The van der Waals surface area contributed by atoms with Crippen molar-refractivity contribution < 1.29 is 0 Å². The quantitative estimate of drug-likeness (QED) is 0.651. The molecule has 0 bridgehead atoms. The molecule has 3 aromatic rings. The fraction of sp³-hybridized carbons (Fsp3) is 0.450. The first-order chi connectivity index (χ1) is 12.6. The van der Waals surface area contributed by atoms with Crippen molar-refractivity contribution in [2.24, 2.45) is 5.92 Å². The zero-order valence-corrected chi connectivity index (χ0v) is 16.0. The van der Waals surface area contributed by atoms with Gasteiger partial charge >= 0.3 is 0 Å². The molecule has 0 amide bonds. The Hall–Kier alpha value is -2.63. The number of nitrogens with zero attached hydrogens (tertiary/aromatic N) is 6. The normalized spacial score (nSPS) is 11.3. The molecule has 3 aromatic heterocycles. The van der Waals surface area contributed by atoms with Crippen LogP contribution in [0.25, 0.3) is 11.4 Å². The molecule has 0 aliphatic rings. The summed E-state index contributed by atoms with van der Waals surface area (Å²) in [6.07, 6.45) is 8.07. The minimum absolute atomic E-state index is 0.607. The summed E-state index contributed by atoms with van der Waals surface area (Å²) in [6.45, 7) is 9.31. The molecule has 3 heterocycles. The summed E-state index contributed by atoms with van der Waals surface area (Å²) in [5.74, 6) is 3.08. The fourth-order valence-electron chi connectivity index (χ4n) is 2.86. The molecule has 0 aliphatic heterocycles. The molecule has 6 heteroatoms. The van der Waals surface area contributed by atoms with Crippen LogP contribution < -0.4 is 0 Å². The third-order valence-electron chi connectivity index (χ3n) is 4.31. The predicted octanol–water partition coefficient (Wildman–Crippen LogP) is 3.64. The van der Waals surface area contributed by atoms with Crippen molar-refractivity contribution in [2.45, 2.75) is 53.5 Å². The number of pyridine rings is 1. The standard InChI is InChI=1S/C20H26N6/c1-5-18-17(13-22-15(4)23-18)20-24-19(12-16-6-9-21-10-7-16)25-26(20)11-8-14(2)3/h6-7,9-10,13-14H,5,8,11-12H2,1-4H3. The van der Waals surface area contributed by atoms with Crippen molar-refractivity contribution in [3.05, 3.63) is 53.6 Å². The van der Waals surface area contributed by atoms with Gasteiger partial charge in [-0.15, -0.1) is 0 Å². The molecular weight excluding hydrogens is 324 g/mol. The first-order valence-corrected chi connectivity index (χ1v) is 9.22. The number of aromatic nitrogens is 6. The number of hydrogen-bond acceptors (Lipinski definition) is 5. The van der Waals surface area contributed by atoms with E-state index in [0.29, 0.717) is 12.3 Å². The summed E-state index contributed by atoms with van der Waals surface area (Å²) < 4.78 is 2.02. The number of rotatable bonds is 7. The van der Waals surface area contributed by atoms with Crippen LogP contribution in [0, 0.1) is 12.8 Å². The van der Waals surface area contributed by atoms with Gasteiger partial charge in [-0.05, 0) is 43.4 Å². The van der Waals surface area contributed by atoms with Crippen LogP contribution in [0.5, 0.6) is 0 Å². The molecule has 0 atom stereocenters. The molecule has 0 radical (unpaired) electrons. The first kappa shape index (κ1) is 18.2. The average molecular weight is 350 g/mol. The molecule has 3 rings (SSSR count). The van der Waals surface area contributed by atoms with Gasteiger partial charge in [0.25, 0.3) is 0 Å². The van der Waals surface area contributed by atoms with Crippen LogP contribution in [-0.4, -0.2) is 29.7 Å². The summed E-state index contributed by atoms with van der Waals surface area (Å²) in [4.78, 5) is 17.9. The molecule has 0 spiro atoms. The lowest BCUT2D eigenvalue weighted by Crippen LogP contribution is -2.08. The predicted molar refractivity (Wildman–Crippen MR) is 102 cm³/mol. The smallest absolute Gasteiger partial charge is 0.161 e. The highest BCUT2D eigenvalue weighted by molar-refractivity contribution is 5.57. The van der Waals surface area contributed by atoms with Crippen LogP contribution in [0.3, 0.4) is 0 Å². The van der Waals surface area contributed by atoms with Gasteiger partial charge in [0.1, 0.15) is 5.82 Å². The summed E-state index contributed by atoms with van der Waals surface area (Å²) >= 11 is 0. The van der Waals surface area contributed by atoms with Crippen LogP contribution in [-0.2, 0) is 19.4 Å². The lowest BCUT2D eigenvalue weighted by atomic mass is 10.1. The summed E-state index contributed by atoms with van der Waals surface area (Å²) in [5.41, 5.74) is 3.16. The monoisotopic (exact) mass is 350 g/mol. The van der Waals surface area contributed by atoms with E-state index in [-0.39, 0.29) is 0 Å². The SMILES string of the molecule is CCc1nc(C)ncc1-c1nc(Cc2ccncc2)nn1CCC(C)C. The van der Waals surface area contributed by atoms with Crippen molar-refractivity contribution >= 4 is 0 Å². The van der Waals surface area contributed by atoms with Gasteiger partial charge in [-0.3, -0.25) is 4.98 Å². The maximum Gasteiger partial charge on any atom is 0.161 e. The van der Waals surface area contributed by atoms with E-state index in [1.165, 1.54) is 0 Å². The highest BCUT2D eigenvalue weighted by atomic mass is 15.3. The van der Waals surface area contributed by atoms with Crippen LogP contribution >= 0.6 is 0 Å². The Kier molecular flexibility index (Phi) is 5.71. The second kappa shape index (κ2) is 8.17. The Bertz CT molecular complexity index is 854. The molecule has 26 heavy (non-hydrogen) atoms. The van der Waals surface area contributed by atoms with Gasteiger partial charge in [0.15, 0.2) is 11.6 Å². The molecule has 0 saturated heterocycles. The van der Waals surface area contributed by atoms with Crippen molar-refractivity contribution in [2.75, 3.05) is 0 Å². The van der Waals surface area contributed by atoms with Crippen LogP contribution in [0.1, 0.15) is 50.1 Å². The third kappa shape index (κ3) is 4.31. The Morgan fingerprint density at radius 3 is 2.58 bits per heavy atom. The second-order valence-corrected chi connectivity index (χ2v) is 6.92. The van der Waals surface area contributed by atoms with Gasteiger partial charge in [-0.2, -0.15) is 5.10 Å². The molecule has 0 aromatic carbocycles. The highest BCUT2D eigenvalue weighted by Gasteiger charge is 2.17. The minimum Gasteiger partial charge on any atom is -0.265 e. The van der Waals surface area contributed by atoms with Crippen molar-refractivity contribution in [1.29, 1.82) is 0 Å². The van der Waals surface area contributed by atoms with E-state index >= 15 is 0 Å². The molecule has 0 N–H and O–H groups in total. The summed E-state index contributed by atoms with van der Waals surface area (Å²) in [6, 6.07) is 4.00. The molecule has 0 saturated carbocycles. The molecule has 0 unspecified atom stereocenters. The maximum absolute atomic E-state index is 4.84. The van der Waals surface area contributed by atoms with Gasteiger partial charge in [0.2, 0.25) is 0 Å². The van der Waals surface area contributed by atoms with Gasteiger partial charge < -0.3 is 0 Å². The van der Waals surface area contributed by atoms with E-state index in [1.807, 2.05) is 29.9 Å². The van der Waals surface area contributed by atoms with E-state index in [4.69, 9.17) is 10.1 Å². The highest BCUT2D eigenvalue weighted by Crippen LogP contribution is 2.22. The Labute approximate surface area is 154 Å².